The molecule has 100 valence electrons. The summed E-state index contributed by atoms with van der Waals surface area (Å²) in [5, 5.41) is 20.7. The Kier molecular flexibility index (Phi) is 3.11. The summed E-state index contributed by atoms with van der Waals surface area (Å²) in [5.74, 6) is 1.48. The molecule has 1 aliphatic heterocycles. The molecule has 3 aliphatic rings. The van der Waals surface area contributed by atoms with Crippen molar-refractivity contribution in [2.24, 2.45) is 17.3 Å². The predicted molar refractivity (Wildman–Crippen MR) is 67.7 cm³/mol. The molecule has 1 saturated heterocycles. The number of nitrogens with zero attached hydrogens (tertiary/aromatic N) is 1. The van der Waals surface area contributed by atoms with Gasteiger partial charge in [0.25, 0.3) is 0 Å². The van der Waals surface area contributed by atoms with E-state index in [1.165, 1.54) is 19.3 Å². The molecule has 0 aromatic heterocycles. The summed E-state index contributed by atoms with van der Waals surface area (Å²) in [4.78, 5) is 0. The number of hydrogen-bond donors (Lipinski definition) is 1. The standard InChI is InChI=1S/C15H23NO2/c16-10-14(6-2-8-18-11-14)15(17)7-1-3-13(9-15)12-4-5-12/h12-13,17H,1-9,11H2. The molecule has 18 heavy (non-hydrogen) atoms. The zero-order valence-electron chi connectivity index (χ0n) is 11.0. The van der Waals surface area contributed by atoms with Gasteiger partial charge in [-0.15, -0.1) is 0 Å². The summed E-state index contributed by atoms with van der Waals surface area (Å²) >= 11 is 0. The second kappa shape index (κ2) is 4.51. The molecule has 0 aromatic carbocycles. The van der Waals surface area contributed by atoms with Crippen LogP contribution in [0.5, 0.6) is 0 Å². The van der Waals surface area contributed by atoms with Gasteiger partial charge >= 0.3 is 0 Å². The topological polar surface area (TPSA) is 53.2 Å². The number of ether oxygens (including phenoxy) is 1. The van der Waals surface area contributed by atoms with Crippen LogP contribution in [0.4, 0.5) is 0 Å². The van der Waals surface area contributed by atoms with Crippen LogP contribution >= 0.6 is 0 Å². The van der Waals surface area contributed by atoms with Crippen LogP contribution in [-0.4, -0.2) is 23.9 Å². The highest BCUT2D eigenvalue weighted by Crippen LogP contribution is 2.53. The monoisotopic (exact) mass is 249 g/mol. The lowest BCUT2D eigenvalue weighted by Crippen LogP contribution is -2.54. The Morgan fingerprint density at radius 2 is 1.94 bits per heavy atom. The second-order valence-corrected chi connectivity index (χ2v) is 6.58. The van der Waals surface area contributed by atoms with Gasteiger partial charge in [-0.25, -0.2) is 0 Å². The van der Waals surface area contributed by atoms with Crippen molar-refractivity contribution < 1.29 is 9.84 Å². The van der Waals surface area contributed by atoms with Gasteiger partial charge in [0.2, 0.25) is 0 Å². The molecule has 1 N–H and O–H groups in total. The predicted octanol–water partition coefficient (Wildman–Crippen LogP) is 2.64. The van der Waals surface area contributed by atoms with Crippen molar-refractivity contribution in [3.05, 3.63) is 0 Å². The van der Waals surface area contributed by atoms with Crippen LogP contribution in [0.3, 0.4) is 0 Å². The number of hydrogen-bond acceptors (Lipinski definition) is 3. The highest BCUT2D eigenvalue weighted by molar-refractivity contribution is 5.14. The second-order valence-electron chi connectivity index (χ2n) is 6.58. The zero-order chi connectivity index (χ0) is 12.6. The van der Waals surface area contributed by atoms with Gasteiger partial charge in [-0.2, -0.15) is 5.26 Å². The van der Waals surface area contributed by atoms with Crippen molar-refractivity contribution in [2.75, 3.05) is 13.2 Å². The molecule has 3 unspecified atom stereocenters. The fraction of sp³-hybridized carbons (Fsp3) is 0.933. The summed E-state index contributed by atoms with van der Waals surface area (Å²) in [6.07, 6.45) is 8.30. The lowest BCUT2D eigenvalue weighted by atomic mass is 9.60. The van der Waals surface area contributed by atoms with Crippen molar-refractivity contribution >= 4 is 0 Å². The lowest BCUT2D eigenvalue weighted by molar-refractivity contribution is -0.145. The van der Waals surface area contributed by atoms with E-state index in [-0.39, 0.29) is 0 Å². The third-order valence-electron chi connectivity index (χ3n) is 5.40. The summed E-state index contributed by atoms with van der Waals surface area (Å²) in [6, 6.07) is 2.43. The largest absolute Gasteiger partial charge is 0.388 e. The fourth-order valence-electron chi connectivity index (χ4n) is 4.05. The molecule has 3 atom stereocenters. The third kappa shape index (κ3) is 1.96. The Morgan fingerprint density at radius 3 is 2.56 bits per heavy atom. The molecule has 0 amide bonds. The number of aliphatic hydroxyl groups is 1. The van der Waals surface area contributed by atoms with Crippen molar-refractivity contribution in [1.82, 2.24) is 0 Å². The molecular weight excluding hydrogens is 226 g/mol. The number of rotatable bonds is 2. The summed E-state index contributed by atoms with van der Waals surface area (Å²) in [7, 11) is 0. The van der Waals surface area contributed by atoms with E-state index in [0.29, 0.717) is 12.5 Å². The molecule has 3 heteroatoms. The Balaban J connectivity index is 1.80. The quantitative estimate of drug-likeness (QED) is 0.818. The van der Waals surface area contributed by atoms with E-state index in [9.17, 15) is 10.4 Å². The maximum atomic E-state index is 11.1. The first-order valence-electron chi connectivity index (χ1n) is 7.41. The normalized spacial score (nSPS) is 45.4. The van der Waals surface area contributed by atoms with Crippen LogP contribution in [0.25, 0.3) is 0 Å². The van der Waals surface area contributed by atoms with E-state index < -0.39 is 11.0 Å². The molecule has 1 heterocycles. The van der Waals surface area contributed by atoms with E-state index in [1.807, 2.05) is 0 Å². The van der Waals surface area contributed by atoms with Gasteiger partial charge in [0, 0.05) is 6.61 Å². The van der Waals surface area contributed by atoms with Crippen LogP contribution < -0.4 is 0 Å². The van der Waals surface area contributed by atoms with Gasteiger partial charge in [0.05, 0.1) is 18.3 Å². The first-order valence-corrected chi connectivity index (χ1v) is 7.41. The molecule has 0 radical (unpaired) electrons. The molecule has 2 aliphatic carbocycles. The minimum atomic E-state index is -0.798. The molecule has 0 bridgehead atoms. The molecule has 0 aromatic rings. The van der Waals surface area contributed by atoms with Gasteiger partial charge in [0.1, 0.15) is 5.41 Å². The highest BCUT2D eigenvalue weighted by atomic mass is 16.5. The Morgan fingerprint density at radius 1 is 1.11 bits per heavy atom. The van der Waals surface area contributed by atoms with Crippen LogP contribution in [0.1, 0.15) is 51.4 Å². The van der Waals surface area contributed by atoms with Crippen LogP contribution in [0, 0.1) is 28.6 Å². The molecule has 2 saturated carbocycles. The first kappa shape index (κ1) is 12.4. The summed E-state index contributed by atoms with van der Waals surface area (Å²) in [6.45, 7) is 1.17. The molecule has 3 rings (SSSR count). The summed E-state index contributed by atoms with van der Waals surface area (Å²) < 4.78 is 5.52. The molecule has 0 spiro atoms. The maximum absolute atomic E-state index is 11.1. The van der Waals surface area contributed by atoms with Crippen LogP contribution in [0.15, 0.2) is 0 Å². The van der Waals surface area contributed by atoms with Gasteiger partial charge in [-0.1, -0.05) is 6.42 Å². The van der Waals surface area contributed by atoms with Crippen molar-refractivity contribution in [2.45, 2.75) is 57.0 Å². The van der Waals surface area contributed by atoms with Gasteiger partial charge in [-0.05, 0) is 56.8 Å². The van der Waals surface area contributed by atoms with Crippen LogP contribution in [0.2, 0.25) is 0 Å². The van der Waals surface area contributed by atoms with E-state index in [1.54, 1.807) is 0 Å². The average molecular weight is 249 g/mol. The van der Waals surface area contributed by atoms with E-state index in [4.69, 9.17) is 4.74 Å². The Hall–Kier alpha value is -0.590. The zero-order valence-corrected chi connectivity index (χ0v) is 11.0. The average Bonchev–Trinajstić information content (AvgIpc) is 3.24. The van der Waals surface area contributed by atoms with E-state index >= 15 is 0 Å². The minimum absolute atomic E-state index is 0.428. The molecular formula is C15H23NO2. The van der Waals surface area contributed by atoms with Crippen molar-refractivity contribution in [3.8, 4) is 6.07 Å². The van der Waals surface area contributed by atoms with E-state index in [2.05, 4.69) is 6.07 Å². The van der Waals surface area contributed by atoms with Crippen LogP contribution in [-0.2, 0) is 4.74 Å². The van der Waals surface area contributed by atoms with Crippen molar-refractivity contribution in [3.63, 3.8) is 0 Å². The lowest BCUT2D eigenvalue weighted by Gasteiger charge is -2.48. The highest BCUT2D eigenvalue weighted by Gasteiger charge is 2.55. The smallest absolute Gasteiger partial charge is 0.109 e. The maximum Gasteiger partial charge on any atom is 0.109 e. The van der Waals surface area contributed by atoms with Gasteiger partial charge < -0.3 is 9.84 Å². The molecule has 3 nitrogen and oxygen atoms in total. The fourth-order valence-corrected chi connectivity index (χ4v) is 4.05. The number of nitriles is 1. The Bertz CT molecular complexity index is 352. The van der Waals surface area contributed by atoms with Gasteiger partial charge in [-0.3, -0.25) is 0 Å². The molecule has 3 fully saturated rings. The SMILES string of the molecule is N#CC1(C2(O)CCCC(C3CC3)C2)CCCOC1. The van der Waals surface area contributed by atoms with Crippen molar-refractivity contribution in [1.29, 1.82) is 5.26 Å². The minimum Gasteiger partial charge on any atom is -0.388 e. The third-order valence-corrected chi connectivity index (χ3v) is 5.40. The summed E-state index contributed by atoms with van der Waals surface area (Å²) in [5.41, 5.74) is -1.44. The van der Waals surface area contributed by atoms with Gasteiger partial charge in [0.15, 0.2) is 0 Å². The Labute approximate surface area is 109 Å². The first-order chi connectivity index (χ1) is 8.69. The van der Waals surface area contributed by atoms with E-state index in [0.717, 1.165) is 44.6 Å².